The number of hydrogen-bond acceptors (Lipinski definition) is 4. The molecule has 0 radical (unpaired) electrons. The molecule has 80 valence electrons. The third-order valence-corrected chi connectivity index (χ3v) is 1.92. The lowest BCUT2D eigenvalue weighted by molar-refractivity contribution is 0.146. The van der Waals surface area contributed by atoms with Crippen molar-refractivity contribution >= 4 is 0 Å². The van der Waals surface area contributed by atoms with Gasteiger partial charge in [0.25, 0.3) is 0 Å². The third-order valence-electron chi connectivity index (χ3n) is 1.92. The lowest BCUT2D eigenvalue weighted by Crippen LogP contribution is -2.41. The van der Waals surface area contributed by atoms with Crippen LogP contribution in [0.5, 0.6) is 0 Å². The van der Waals surface area contributed by atoms with E-state index in [4.69, 9.17) is 15.6 Å². The SMILES string of the molecule is COCC(CCCN)NC(C)CO. The Kier molecular flexibility index (Phi) is 8.33. The molecule has 0 saturated heterocycles. The van der Waals surface area contributed by atoms with Crippen LogP contribution in [-0.4, -0.2) is 44.1 Å². The van der Waals surface area contributed by atoms with E-state index in [0.29, 0.717) is 19.2 Å². The smallest absolute Gasteiger partial charge is 0.0615 e. The molecule has 4 nitrogen and oxygen atoms in total. The molecule has 0 heterocycles. The van der Waals surface area contributed by atoms with E-state index in [1.807, 2.05) is 6.92 Å². The Morgan fingerprint density at radius 2 is 2.23 bits per heavy atom. The van der Waals surface area contributed by atoms with E-state index in [1.54, 1.807) is 7.11 Å². The molecule has 0 aromatic heterocycles. The van der Waals surface area contributed by atoms with Crippen LogP contribution in [0.4, 0.5) is 0 Å². The Labute approximate surface area is 80.5 Å². The summed E-state index contributed by atoms with van der Waals surface area (Å²) in [6, 6.07) is 0.425. The summed E-state index contributed by atoms with van der Waals surface area (Å²) in [4.78, 5) is 0. The van der Waals surface area contributed by atoms with Crippen LogP contribution in [0.25, 0.3) is 0 Å². The number of rotatable bonds is 8. The highest BCUT2D eigenvalue weighted by Crippen LogP contribution is 1.98. The molecule has 13 heavy (non-hydrogen) atoms. The summed E-state index contributed by atoms with van der Waals surface area (Å²) in [5.41, 5.74) is 5.42. The summed E-state index contributed by atoms with van der Waals surface area (Å²) in [6.07, 6.45) is 1.98. The number of nitrogens with two attached hydrogens (primary N) is 1. The fraction of sp³-hybridized carbons (Fsp3) is 1.00. The van der Waals surface area contributed by atoms with Crippen LogP contribution in [0.15, 0.2) is 0 Å². The van der Waals surface area contributed by atoms with Gasteiger partial charge >= 0.3 is 0 Å². The molecule has 0 aliphatic heterocycles. The zero-order chi connectivity index (χ0) is 10.1. The molecule has 4 heteroatoms. The van der Waals surface area contributed by atoms with Crippen molar-refractivity contribution < 1.29 is 9.84 Å². The number of aliphatic hydroxyl groups is 1. The highest BCUT2D eigenvalue weighted by molar-refractivity contribution is 4.70. The van der Waals surface area contributed by atoms with Crippen molar-refractivity contribution in [2.45, 2.75) is 31.8 Å². The van der Waals surface area contributed by atoms with Gasteiger partial charge in [-0.25, -0.2) is 0 Å². The quantitative estimate of drug-likeness (QED) is 0.492. The summed E-state index contributed by atoms with van der Waals surface area (Å²) in [6.45, 7) is 3.48. The molecule has 2 atom stereocenters. The summed E-state index contributed by atoms with van der Waals surface area (Å²) in [5, 5.41) is 12.1. The van der Waals surface area contributed by atoms with Crippen molar-refractivity contribution in [1.29, 1.82) is 0 Å². The minimum atomic E-state index is 0.123. The van der Waals surface area contributed by atoms with Crippen LogP contribution in [-0.2, 0) is 4.74 Å². The first-order valence-corrected chi connectivity index (χ1v) is 4.80. The van der Waals surface area contributed by atoms with Crippen LogP contribution in [0.2, 0.25) is 0 Å². The molecule has 0 amide bonds. The van der Waals surface area contributed by atoms with Crippen LogP contribution >= 0.6 is 0 Å². The summed E-state index contributed by atoms with van der Waals surface area (Å²) < 4.78 is 5.06. The van der Waals surface area contributed by atoms with Gasteiger partial charge in [-0.2, -0.15) is 0 Å². The van der Waals surface area contributed by atoms with Crippen molar-refractivity contribution in [3.05, 3.63) is 0 Å². The predicted octanol–water partition coefficient (Wildman–Crippen LogP) is -0.289. The van der Waals surface area contributed by atoms with E-state index in [0.717, 1.165) is 12.8 Å². The summed E-state index contributed by atoms with van der Waals surface area (Å²) >= 11 is 0. The van der Waals surface area contributed by atoms with E-state index in [2.05, 4.69) is 5.32 Å². The Balaban J connectivity index is 3.65. The maximum absolute atomic E-state index is 8.85. The Morgan fingerprint density at radius 3 is 2.69 bits per heavy atom. The second-order valence-electron chi connectivity index (χ2n) is 3.33. The monoisotopic (exact) mass is 190 g/mol. The van der Waals surface area contributed by atoms with Crippen molar-refractivity contribution in [1.82, 2.24) is 5.32 Å². The average molecular weight is 190 g/mol. The number of aliphatic hydroxyl groups excluding tert-OH is 1. The van der Waals surface area contributed by atoms with Crippen molar-refractivity contribution in [3.63, 3.8) is 0 Å². The largest absolute Gasteiger partial charge is 0.395 e. The maximum atomic E-state index is 8.85. The van der Waals surface area contributed by atoms with Crippen molar-refractivity contribution in [2.24, 2.45) is 5.73 Å². The van der Waals surface area contributed by atoms with Gasteiger partial charge in [0, 0.05) is 19.2 Å². The number of hydrogen-bond donors (Lipinski definition) is 3. The molecule has 0 fully saturated rings. The van der Waals surface area contributed by atoms with Gasteiger partial charge in [-0.3, -0.25) is 0 Å². The summed E-state index contributed by atoms with van der Waals surface area (Å²) in [7, 11) is 1.68. The number of methoxy groups -OCH3 is 1. The maximum Gasteiger partial charge on any atom is 0.0615 e. The van der Waals surface area contributed by atoms with Crippen LogP contribution in [0.3, 0.4) is 0 Å². The zero-order valence-corrected chi connectivity index (χ0v) is 8.62. The van der Waals surface area contributed by atoms with E-state index in [9.17, 15) is 0 Å². The minimum Gasteiger partial charge on any atom is -0.395 e. The minimum absolute atomic E-state index is 0.123. The zero-order valence-electron chi connectivity index (χ0n) is 8.62. The number of ether oxygens (including phenoxy) is 1. The van der Waals surface area contributed by atoms with E-state index in [1.165, 1.54) is 0 Å². The second-order valence-corrected chi connectivity index (χ2v) is 3.33. The highest BCUT2D eigenvalue weighted by atomic mass is 16.5. The Morgan fingerprint density at radius 1 is 1.54 bits per heavy atom. The number of nitrogens with one attached hydrogen (secondary N) is 1. The first kappa shape index (κ1) is 12.8. The summed E-state index contributed by atoms with van der Waals surface area (Å²) in [5.74, 6) is 0. The molecular weight excluding hydrogens is 168 g/mol. The van der Waals surface area contributed by atoms with Crippen LogP contribution in [0, 0.1) is 0 Å². The molecule has 0 saturated carbocycles. The van der Waals surface area contributed by atoms with E-state index in [-0.39, 0.29) is 12.6 Å². The first-order chi connectivity index (χ1) is 6.24. The van der Waals surface area contributed by atoms with Gasteiger partial charge in [-0.05, 0) is 26.3 Å². The Hall–Kier alpha value is -0.160. The first-order valence-electron chi connectivity index (χ1n) is 4.80. The van der Waals surface area contributed by atoms with Gasteiger partial charge in [0.05, 0.1) is 13.2 Å². The normalized spacial score (nSPS) is 15.7. The van der Waals surface area contributed by atoms with Gasteiger partial charge in [0.2, 0.25) is 0 Å². The van der Waals surface area contributed by atoms with Crippen molar-refractivity contribution in [2.75, 3.05) is 26.9 Å². The molecule has 4 N–H and O–H groups in total. The molecule has 0 aliphatic carbocycles. The predicted molar refractivity (Wildman–Crippen MR) is 53.6 cm³/mol. The lowest BCUT2D eigenvalue weighted by atomic mass is 10.1. The highest BCUT2D eigenvalue weighted by Gasteiger charge is 2.10. The molecule has 0 aromatic rings. The third kappa shape index (κ3) is 6.95. The second kappa shape index (κ2) is 8.44. The van der Waals surface area contributed by atoms with Crippen LogP contribution < -0.4 is 11.1 Å². The van der Waals surface area contributed by atoms with Gasteiger partial charge in [-0.1, -0.05) is 0 Å². The van der Waals surface area contributed by atoms with Gasteiger partial charge in [-0.15, -0.1) is 0 Å². The van der Waals surface area contributed by atoms with E-state index >= 15 is 0 Å². The van der Waals surface area contributed by atoms with Gasteiger partial charge < -0.3 is 20.9 Å². The van der Waals surface area contributed by atoms with Gasteiger partial charge in [0.15, 0.2) is 0 Å². The molecule has 0 aromatic carbocycles. The molecular formula is C9H22N2O2. The molecule has 0 bridgehead atoms. The standard InChI is InChI=1S/C9H22N2O2/c1-8(6-12)11-9(7-13-2)4-3-5-10/h8-9,11-12H,3-7,10H2,1-2H3. The molecule has 0 rings (SSSR count). The molecule has 0 aliphatic rings. The molecule has 0 spiro atoms. The fourth-order valence-corrected chi connectivity index (χ4v) is 1.24. The Bertz CT molecular complexity index is 112. The van der Waals surface area contributed by atoms with Gasteiger partial charge in [0.1, 0.15) is 0 Å². The fourth-order valence-electron chi connectivity index (χ4n) is 1.24. The van der Waals surface area contributed by atoms with E-state index < -0.39 is 0 Å². The topological polar surface area (TPSA) is 67.5 Å². The molecule has 2 unspecified atom stereocenters. The lowest BCUT2D eigenvalue weighted by Gasteiger charge is -2.21. The van der Waals surface area contributed by atoms with Crippen molar-refractivity contribution in [3.8, 4) is 0 Å². The van der Waals surface area contributed by atoms with Crippen LogP contribution in [0.1, 0.15) is 19.8 Å². The average Bonchev–Trinajstić information content (AvgIpc) is 2.14.